The highest BCUT2D eigenvalue weighted by molar-refractivity contribution is 6.08. The number of amides is 8. The molecule has 0 spiro atoms. The van der Waals surface area contributed by atoms with Crippen molar-refractivity contribution in [3.05, 3.63) is 58.7 Å². The Morgan fingerprint density at radius 2 is 0.979 bits per heavy atom. The van der Waals surface area contributed by atoms with Crippen LogP contribution in [0.2, 0.25) is 0 Å². The average Bonchev–Trinajstić information content (AvgIpc) is 3.58. The lowest BCUT2D eigenvalue weighted by molar-refractivity contribution is -0.138. The van der Waals surface area contributed by atoms with E-state index in [1.54, 1.807) is 36.4 Å². The van der Waals surface area contributed by atoms with Crippen LogP contribution in [-0.2, 0) is 41.9 Å². The van der Waals surface area contributed by atoms with Crippen LogP contribution in [0.1, 0.15) is 83.2 Å². The fourth-order valence-electron chi connectivity index (χ4n) is 7.49. The number of nitrogens with zero attached hydrogens (tertiary/aromatic N) is 2. The van der Waals surface area contributed by atoms with E-state index in [0.29, 0.717) is 59.3 Å². The summed E-state index contributed by atoms with van der Waals surface area (Å²) in [6.07, 6.45) is 2.71. The lowest BCUT2D eigenvalue weighted by atomic mass is 9.81. The van der Waals surface area contributed by atoms with Gasteiger partial charge in [0.15, 0.2) is 0 Å². The number of nitrogens with one attached hydrogen (secondary N) is 4. The van der Waals surface area contributed by atoms with Gasteiger partial charge < -0.3 is 20.4 Å². The highest BCUT2D eigenvalue weighted by Gasteiger charge is 2.42. The summed E-state index contributed by atoms with van der Waals surface area (Å²) in [6, 6.07) is 8.62. The van der Waals surface area contributed by atoms with E-state index < -0.39 is 23.9 Å². The zero-order valence-corrected chi connectivity index (χ0v) is 26.0. The molecule has 1 saturated carbocycles. The summed E-state index contributed by atoms with van der Waals surface area (Å²) in [7, 11) is 0. The second-order valence-corrected chi connectivity index (χ2v) is 13.0. The molecular formula is C34H34N6O8. The molecule has 14 nitrogen and oxygen atoms in total. The highest BCUT2D eigenvalue weighted by atomic mass is 16.2. The van der Waals surface area contributed by atoms with Crippen LogP contribution in [0.25, 0.3) is 0 Å². The van der Waals surface area contributed by atoms with Gasteiger partial charge in [-0.1, -0.05) is 12.1 Å². The van der Waals surface area contributed by atoms with Gasteiger partial charge in [-0.3, -0.25) is 49.0 Å². The standard InChI is InChI=1S/C34H34N6O8/c41-27-13-11-25(31(45)37-27)39-15-21-19(33(39)47)3-1-5-23(21)35-29(43)17-7-9-18(10-8-17)30(44)36-24-6-2-4-20-22(24)16-40(34(20)48)26-12-14-28(42)38-32(26)46/h1-6,17-18,25-26H,7-16H2,(H,35,43)(H,36,44)(H,37,41,45)(H,38,42,46). The molecule has 5 aliphatic rings. The first-order valence-electron chi connectivity index (χ1n) is 16.2. The third kappa shape index (κ3) is 5.60. The predicted octanol–water partition coefficient (Wildman–Crippen LogP) is 1.59. The number of imide groups is 2. The number of hydrogen-bond donors (Lipinski definition) is 4. The number of rotatable bonds is 6. The maximum absolute atomic E-state index is 13.4. The minimum atomic E-state index is -0.755. The van der Waals surface area contributed by atoms with E-state index in [9.17, 15) is 38.4 Å². The zero-order valence-electron chi connectivity index (χ0n) is 26.0. The lowest BCUT2D eigenvalue weighted by Crippen LogP contribution is -2.52. The van der Waals surface area contributed by atoms with Crippen molar-refractivity contribution >= 4 is 58.6 Å². The summed E-state index contributed by atoms with van der Waals surface area (Å²) in [6.45, 7) is 0.285. The largest absolute Gasteiger partial charge is 0.326 e. The van der Waals surface area contributed by atoms with Crippen LogP contribution in [0.5, 0.6) is 0 Å². The fraction of sp³-hybridized carbons (Fsp3) is 0.412. The van der Waals surface area contributed by atoms with Gasteiger partial charge >= 0.3 is 0 Å². The molecule has 14 heteroatoms. The van der Waals surface area contributed by atoms with Crippen molar-refractivity contribution in [2.24, 2.45) is 11.8 Å². The molecule has 8 amide bonds. The van der Waals surface area contributed by atoms with Crippen molar-refractivity contribution in [1.82, 2.24) is 20.4 Å². The second-order valence-electron chi connectivity index (χ2n) is 13.0. The Morgan fingerprint density at radius 3 is 1.35 bits per heavy atom. The Hall–Kier alpha value is -5.40. The van der Waals surface area contributed by atoms with Crippen molar-refractivity contribution in [3.8, 4) is 0 Å². The van der Waals surface area contributed by atoms with Gasteiger partial charge in [-0.25, -0.2) is 0 Å². The smallest absolute Gasteiger partial charge is 0.255 e. The molecule has 4 heterocycles. The number of anilines is 2. The van der Waals surface area contributed by atoms with Crippen LogP contribution < -0.4 is 21.3 Å². The van der Waals surface area contributed by atoms with E-state index in [0.717, 1.165) is 0 Å². The Bertz CT molecular complexity index is 1670. The zero-order chi connectivity index (χ0) is 33.7. The SMILES string of the molecule is O=C1CCC(N2Cc3c(NC(=O)C4CCC(C(=O)Nc5cccc6c5CN(C5CCC(=O)NC5=O)C6=O)CC4)cccc3C2=O)C(=O)N1. The number of carbonyl (C=O) groups excluding carboxylic acids is 8. The molecule has 2 atom stereocenters. The van der Waals surface area contributed by atoms with E-state index in [1.807, 2.05) is 0 Å². The van der Waals surface area contributed by atoms with Gasteiger partial charge in [-0.15, -0.1) is 0 Å². The quantitative estimate of drug-likeness (QED) is 0.338. The average molecular weight is 655 g/mol. The van der Waals surface area contributed by atoms with Crippen LogP contribution in [0, 0.1) is 11.8 Å². The van der Waals surface area contributed by atoms with Crippen molar-refractivity contribution in [1.29, 1.82) is 0 Å². The molecule has 4 aliphatic heterocycles. The van der Waals surface area contributed by atoms with E-state index >= 15 is 0 Å². The van der Waals surface area contributed by atoms with Gasteiger partial charge in [0.25, 0.3) is 11.8 Å². The molecule has 7 rings (SSSR count). The minimum absolute atomic E-state index is 0.143. The first-order valence-corrected chi connectivity index (χ1v) is 16.2. The molecule has 2 aromatic rings. The molecule has 3 fully saturated rings. The van der Waals surface area contributed by atoms with Crippen LogP contribution in [-0.4, -0.2) is 69.1 Å². The first-order chi connectivity index (χ1) is 23.1. The number of hydrogen-bond acceptors (Lipinski definition) is 8. The summed E-state index contributed by atoms with van der Waals surface area (Å²) in [5, 5.41) is 10.5. The maximum Gasteiger partial charge on any atom is 0.255 e. The number of carbonyl (C=O) groups is 8. The normalized spacial score (nSPS) is 25.3. The van der Waals surface area contributed by atoms with Crippen LogP contribution in [0.15, 0.2) is 36.4 Å². The summed E-state index contributed by atoms with van der Waals surface area (Å²) < 4.78 is 0. The van der Waals surface area contributed by atoms with Gasteiger partial charge in [0.05, 0.1) is 0 Å². The number of benzene rings is 2. The van der Waals surface area contributed by atoms with Crippen molar-refractivity contribution in [2.45, 2.75) is 76.5 Å². The molecule has 2 unspecified atom stereocenters. The van der Waals surface area contributed by atoms with Crippen LogP contribution >= 0.6 is 0 Å². The third-order valence-corrected chi connectivity index (χ3v) is 10.1. The summed E-state index contributed by atoms with van der Waals surface area (Å²) in [4.78, 5) is 104. The van der Waals surface area contributed by atoms with Crippen molar-refractivity contribution < 1.29 is 38.4 Å². The van der Waals surface area contributed by atoms with Gasteiger partial charge in [-0.05, 0) is 62.8 Å². The molecule has 0 bridgehead atoms. The van der Waals surface area contributed by atoms with Gasteiger partial charge in [-0.2, -0.15) is 0 Å². The highest BCUT2D eigenvalue weighted by Crippen LogP contribution is 2.36. The van der Waals surface area contributed by atoms with Crippen LogP contribution in [0.3, 0.4) is 0 Å². The summed E-state index contributed by atoms with van der Waals surface area (Å²) in [5.74, 6) is -3.46. The van der Waals surface area contributed by atoms with Gasteiger partial charge in [0.2, 0.25) is 35.4 Å². The molecule has 248 valence electrons. The molecule has 1 aliphatic carbocycles. The lowest BCUT2D eigenvalue weighted by Gasteiger charge is -2.29. The maximum atomic E-state index is 13.4. The fourth-order valence-corrected chi connectivity index (χ4v) is 7.49. The monoisotopic (exact) mass is 654 g/mol. The third-order valence-electron chi connectivity index (χ3n) is 10.1. The van der Waals surface area contributed by atoms with E-state index in [-0.39, 0.29) is 86.1 Å². The number of fused-ring (bicyclic) bond motifs is 2. The van der Waals surface area contributed by atoms with Crippen molar-refractivity contribution in [2.75, 3.05) is 10.6 Å². The summed E-state index contributed by atoms with van der Waals surface area (Å²) >= 11 is 0. The molecular weight excluding hydrogens is 620 g/mol. The van der Waals surface area contributed by atoms with E-state index in [4.69, 9.17) is 0 Å². The summed E-state index contributed by atoms with van der Waals surface area (Å²) in [5.41, 5.74) is 3.07. The number of piperidine rings is 2. The van der Waals surface area contributed by atoms with Crippen molar-refractivity contribution in [3.63, 3.8) is 0 Å². The van der Waals surface area contributed by atoms with E-state index in [1.165, 1.54) is 9.80 Å². The Kier molecular flexibility index (Phi) is 8.01. The second kappa shape index (κ2) is 12.3. The topological polar surface area (TPSA) is 191 Å². The molecule has 0 radical (unpaired) electrons. The van der Waals surface area contributed by atoms with E-state index in [2.05, 4.69) is 21.3 Å². The minimum Gasteiger partial charge on any atom is -0.326 e. The molecule has 0 aromatic heterocycles. The molecule has 2 aromatic carbocycles. The van der Waals surface area contributed by atoms with Gasteiger partial charge in [0.1, 0.15) is 12.1 Å². The molecule has 4 N–H and O–H groups in total. The Labute approximate surface area is 274 Å². The van der Waals surface area contributed by atoms with Gasteiger partial charge in [0, 0.05) is 71.4 Å². The Morgan fingerprint density at radius 1 is 0.583 bits per heavy atom. The first kappa shape index (κ1) is 31.2. The Balaban J connectivity index is 0.952. The molecule has 48 heavy (non-hydrogen) atoms. The van der Waals surface area contributed by atoms with Crippen LogP contribution in [0.4, 0.5) is 11.4 Å². The predicted molar refractivity (Wildman–Crippen MR) is 168 cm³/mol. The molecule has 2 saturated heterocycles.